The van der Waals surface area contributed by atoms with E-state index in [1.165, 1.54) is 48.5 Å². The molecule has 4 aromatic rings. The molecule has 386 valence electrons. The number of amides is 4. The summed E-state index contributed by atoms with van der Waals surface area (Å²) in [5, 5.41) is 9.53. The van der Waals surface area contributed by atoms with E-state index in [0.29, 0.717) is 24.3 Å². The van der Waals surface area contributed by atoms with Gasteiger partial charge < -0.3 is 34.9 Å². The number of aliphatic imine (C=N–C) groups is 1. The Bertz CT molecular complexity index is 2790. The quantitative estimate of drug-likeness (QED) is 0.129. The highest BCUT2D eigenvalue weighted by molar-refractivity contribution is 6.04. The number of likely N-dealkylation sites (tertiary alicyclic amines) is 1. The van der Waals surface area contributed by atoms with Gasteiger partial charge in [0.15, 0.2) is 0 Å². The van der Waals surface area contributed by atoms with Crippen molar-refractivity contribution in [1.29, 1.82) is 0 Å². The van der Waals surface area contributed by atoms with Crippen molar-refractivity contribution in [2.45, 2.75) is 160 Å². The number of aromatic nitrogens is 2. The van der Waals surface area contributed by atoms with Crippen LogP contribution in [-0.4, -0.2) is 106 Å². The van der Waals surface area contributed by atoms with E-state index in [0.717, 1.165) is 105 Å². The molecule has 5 heterocycles. The average Bonchev–Trinajstić information content (AvgIpc) is 4.23. The van der Waals surface area contributed by atoms with Crippen molar-refractivity contribution < 1.29 is 28.7 Å². The van der Waals surface area contributed by atoms with Gasteiger partial charge in [-0.15, -0.1) is 0 Å². The van der Waals surface area contributed by atoms with Crippen LogP contribution in [0.4, 0.5) is 9.59 Å². The second-order valence-corrected chi connectivity index (χ2v) is 23.1. The third-order valence-electron chi connectivity index (χ3n) is 18.6. The SMILES string of the molecule is COC(=O)NC(C(=O)N1C2CCCCC2CC1C1(C)N=C(c2ccc(-c3cc4c(-c5cnc(C6CC7CCCC8C(C)C(NC(=O)OC)C(=O)N6C78)[nH]5)cc3CCc3ccc(cc3)C(C)C4)cc2)CN1)C(C)C. The fraction of sp³-hybridized carbons (Fsp3) is 0.559. The van der Waals surface area contributed by atoms with Crippen LogP contribution in [0.1, 0.15) is 138 Å². The summed E-state index contributed by atoms with van der Waals surface area (Å²) in [6, 6.07) is 21.4. The summed E-state index contributed by atoms with van der Waals surface area (Å²) in [6.45, 7) is 11.1. The molecule has 1 aromatic heterocycles. The van der Waals surface area contributed by atoms with Crippen molar-refractivity contribution in [1.82, 2.24) is 35.7 Å². The number of alkyl carbamates (subject to hydrolysis) is 2. The maximum absolute atomic E-state index is 14.6. The third kappa shape index (κ3) is 8.92. The summed E-state index contributed by atoms with van der Waals surface area (Å²) in [5.41, 5.74) is 10.9. The summed E-state index contributed by atoms with van der Waals surface area (Å²) in [5.74, 6) is 1.98. The molecular formula is C59H74N8O6. The predicted octanol–water partition coefficient (Wildman–Crippen LogP) is 9.27. The Hall–Kier alpha value is -6.02. The zero-order valence-corrected chi connectivity index (χ0v) is 43.7. The number of carbonyl (C=O) groups is 4. The van der Waals surface area contributed by atoms with Gasteiger partial charge in [-0.05, 0) is 145 Å². The van der Waals surface area contributed by atoms with E-state index in [1.807, 2.05) is 20.0 Å². The minimum atomic E-state index is -0.692. The van der Waals surface area contributed by atoms with E-state index in [9.17, 15) is 19.2 Å². The number of rotatable bonds is 9. The van der Waals surface area contributed by atoms with E-state index in [-0.39, 0.29) is 53.7 Å². The maximum atomic E-state index is 14.6. The van der Waals surface area contributed by atoms with Crippen LogP contribution in [-0.2, 0) is 38.3 Å². The Kier molecular flexibility index (Phi) is 13.3. The highest BCUT2D eigenvalue weighted by atomic mass is 16.5. The summed E-state index contributed by atoms with van der Waals surface area (Å²) in [6.07, 6.45) is 12.7. The molecule has 6 aliphatic carbocycles. The van der Waals surface area contributed by atoms with E-state index >= 15 is 0 Å². The molecule has 4 bridgehead atoms. The molecule has 14 nitrogen and oxygen atoms in total. The number of piperidine rings is 1. The van der Waals surface area contributed by atoms with Gasteiger partial charge in [-0.1, -0.05) is 102 Å². The number of imidazole rings is 1. The lowest BCUT2D eigenvalue weighted by Gasteiger charge is -2.49. The van der Waals surface area contributed by atoms with Crippen LogP contribution in [0.3, 0.4) is 0 Å². The molecule has 12 atom stereocenters. The van der Waals surface area contributed by atoms with Crippen molar-refractivity contribution in [3.05, 3.63) is 101 Å². The van der Waals surface area contributed by atoms with Crippen molar-refractivity contribution in [2.24, 2.45) is 34.6 Å². The predicted molar refractivity (Wildman–Crippen MR) is 281 cm³/mol. The molecule has 0 radical (unpaired) electrons. The lowest BCUT2D eigenvalue weighted by Crippen LogP contribution is -2.63. The summed E-state index contributed by atoms with van der Waals surface area (Å²) in [4.78, 5) is 72.6. The number of aryl methyl sites for hydroxylation is 2. The second-order valence-electron chi connectivity index (χ2n) is 23.1. The minimum absolute atomic E-state index is 0.0188. The first kappa shape index (κ1) is 49.2. The molecule has 4 N–H and O–H groups in total. The molecule has 3 aromatic carbocycles. The standard InChI is InChI=1S/C59H74N8O6/c1-32(2)51(63-57(70)72-6)55(68)66-48-14-9-8-11-40(48)29-50(66)59(5)61-31-46(65-59)38-23-21-37(22-24-38)44-27-42-25-33(3)36-18-15-35(16-19-36)17-20-39(44)26-45(42)47-30-60-54(62-47)49-28-41-12-10-13-43-34(4)52(64-58(71)73-7)56(69)67(49)53(41)43/h15-16,18-19,21-24,26-27,30,32-34,40-41,43,48-53,61H,8-14,17,20,25,28-29,31H2,1-7H3,(H,60,62)(H,63,70)(H,64,71). The number of hydrogen-bond donors (Lipinski definition) is 4. The number of H-pyrrole nitrogens is 1. The highest BCUT2D eigenvalue weighted by Crippen LogP contribution is 2.53. The van der Waals surface area contributed by atoms with Crippen LogP contribution in [0.15, 0.2) is 71.9 Å². The summed E-state index contributed by atoms with van der Waals surface area (Å²) < 4.78 is 9.93. The van der Waals surface area contributed by atoms with Crippen molar-refractivity contribution in [2.75, 3.05) is 20.8 Å². The molecule has 73 heavy (non-hydrogen) atoms. The van der Waals surface area contributed by atoms with E-state index in [4.69, 9.17) is 19.5 Å². The van der Waals surface area contributed by atoms with E-state index < -0.39 is 29.9 Å². The number of aromatic amines is 1. The Labute approximate surface area is 430 Å². The number of nitrogens with zero attached hydrogens (tertiary/aromatic N) is 4. The van der Waals surface area contributed by atoms with Gasteiger partial charge in [0.1, 0.15) is 23.6 Å². The first-order valence-electron chi connectivity index (χ1n) is 27.3. The number of hydrogen-bond acceptors (Lipinski definition) is 9. The molecule has 4 aliphatic heterocycles. The van der Waals surface area contributed by atoms with Gasteiger partial charge in [-0.2, -0.15) is 0 Å². The number of methoxy groups -OCH3 is 2. The first-order chi connectivity index (χ1) is 35.2. The lowest BCUT2D eigenvalue weighted by molar-refractivity contribution is -0.148. The van der Waals surface area contributed by atoms with Crippen LogP contribution < -0.4 is 16.0 Å². The monoisotopic (exact) mass is 991 g/mol. The lowest BCUT2D eigenvalue weighted by atomic mass is 9.68. The van der Waals surface area contributed by atoms with Crippen LogP contribution in [0.25, 0.3) is 22.4 Å². The number of benzene rings is 3. The van der Waals surface area contributed by atoms with Gasteiger partial charge in [0, 0.05) is 24.2 Å². The van der Waals surface area contributed by atoms with Gasteiger partial charge >= 0.3 is 12.2 Å². The van der Waals surface area contributed by atoms with Gasteiger partial charge in [0.25, 0.3) is 0 Å². The van der Waals surface area contributed by atoms with E-state index in [2.05, 4.69) is 112 Å². The highest BCUT2D eigenvalue weighted by Gasteiger charge is 2.58. The van der Waals surface area contributed by atoms with Gasteiger partial charge in [0.2, 0.25) is 11.8 Å². The molecule has 12 unspecified atom stereocenters. The van der Waals surface area contributed by atoms with Crippen LogP contribution in [0, 0.1) is 29.6 Å². The summed E-state index contributed by atoms with van der Waals surface area (Å²) >= 11 is 0. The number of nitrogens with one attached hydrogen (secondary N) is 4. The molecular weight excluding hydrogens is 917 g/mol. The fourth-order valence-electron chi connectivity index (χ4n) is 14.7. The smallest absolute Gasteiger partial charge is 0.407 e. The number of fused-ring (bicyclic) bond motifs is 1. The molecule has 0 spiro atoms. The van der Waals surface area contributed by atoms with Gasteiger partial charge in [-0.25, -0.2) is 14.6 Å². The van der Waals surface area contributed by atoms with Crippen molar-refractivity contribution in [3.63, 3.8) is 0 Å². The van der Waals surface area contributed by atoms with Crippen LogP contribution in [0.5, 0.6) is 0 Å². The number of ether oxygens (including phenoxy) is 2. The van der Waals surface area contributed by atoms with Gasteiger partial charge in [0.05, 0.1) is 43.9 Å². The first-order valence-corrected chi connectivity index (χ1v) is 27.3. The minimum Gasteiger partial charge on any atom is -0.453 e. The Balaban J connectivity index is 0.903. The second kappa shape index (κ2) is 19.7. The van der Waals surface area contributed by atoms with E-state index in [1.54, 1.807) is 0 Å². The largest absolute Gasteiger partial charge is 0.453 e. The molecule has 14 rings (SSSR count). The Morgan fingerprint density at radius 3 is 2.32 bits per heavy atom. The average molecular weight is 991 g/mol. The third-order valence-corrected chi connectivity index (χ3v) is 18.6. The molecule has 10 aliphatic rings. The fourth-order valence-corrected chi connectivity index (χ4v) is 14.7. The van der Waals surface area contributed by atoms with Crippen molar-refractivity contribution >= 4 is 29.7 Å². The molecule has 3 saturated heterocycles. The normalized spacial score (nSPS) is 30.8. The van der Waals surface area contributed by atoms with Crippen LogP contribution >= 0.6 is 0 Å². The number of carbonyl (C=O) groups excluding carboxylic acids is 4. The van der Waals surface area contributed by atoms with Crippen LogP contribution in [0.2, 0.25) is 0 Å². The molecule has 5 fully saturated rings. The Morgan fingerprint density at radius 2 is 1.56 bits per heavy atom. The molecule has 4 amide bonds. The zero-order chi connectivity index (χ0) is 50.9. The van der Waals surface area contributed by atoms with Crippen molar-refractivity contribution in [3.8, 4) is 22.4 Å². The molecule has 2 saturated carbocycles. The maximum Gasteiger partial charge on any atom is 0.407 e. The summed E-state index contributed by atoms with van der Waals surface area (Å²) in [7, 11) is 2.68. The van der Waals surface area contributed by atoms with Gasteiger partial charge in [-0.3, -0.25) is 19.9 Å². The topological polar surface area (TPSA) is 170 Å². The Morgan fingerprint density at radius 1 is 0.836 bits per heavy atom. The zero-order valence-electron chi connectivity index (χ0n) is 43.7. The molecule has 14 heteroatoms.